The summed E-state index contributed by atoms with van der Waals surface area (Å²) in [6.45, 7) is 6.00. The van der Waals surface area contributed by atoms with Gasteiger partial charge in [-0.15, -0.1) is 11.3 Å². The third-order valence-electron chi connectivity index (χ3n) is 4.04. The van der Waals surface area contributed by atoms with Crippen LogP contribution in [0.2, 0.25) is 0 Å². The summed E-state index contributed by atoms with van der Waals surface area (Å²) in [6.07, 6.45) is 2.06. The first-order chi connectivity index (χ1) is 10.3. The van der Waals surface area contributed by atoms with E-state index in [2.05, 4.69) is 47.7 Å². The summed E-state index contributed by atoms with van der Waals surface area (Å²) in [4.78, 5) is 4.61. The Kier molecular flexibility index (Phi) is 4.56. The number of nitrogens with one attached hydrogen (secondary N) is 1. The number of hydrogen-bond donors (Lipinski definition) is 1. The molecule has 112 valence electrons. The Morgan fingerprint density at radius 2 is 2.29 bits per heavy atom. The van der Waals surface area contributed by atoms with Gasteiger partial charge in [0.1, 0.15) is 5.75 Å². The third-order valence-corrected chi connectivity index (χ3v) is 4.86. The molecule has 0 saturated carbocycles. The second-order valence-corrected chi connectivity index (χ2v) is 6.67. The number of hydrogen-bond acceptors (Lipinski definition) is 4. The number of benzene rings is 1. The largest absolute Gasteiger partial charge is 0.493 e. The molecular weight excluding hydrogens is 280 g/mol. The maximum atomic E-state index is 5.95. The first kappa shape index (κ1) is 14.5. The summed E-state index contributed by atoms with van der Waals surface area (Å²) in [5.74, 6) is 1.55. The minimum atomic E-state index is 0.421. The van der Waals surface area contributed by atoms with E-state index in [-0.39, 0.29) is 0 Å². The fourth-order valence-corrected chi connectivity index (χ4v) is 3.63. The Bertz CT molecular complexity index is 596. The van der Waals surface area contributed by atoms with E-state index < -0.39 is 0 Å². The standard InChI is InChI=1S/C17H22N2OS/c1-3-18-16(9-15-11-21-12(2)19-15)14-8-13-6-4-5-7-17(13)20-10-14/h4-7,11,14,16,18H,3,8-10H2,1-2H3. The highest BCUT2D eigenvalue weighted by molar-refractivity contribution is 7.09. The fraction of sp³-hybridized carbons (Fsp3) is 0.471. The second-order valence-electron chi connectivity index (χ2n) is 5.61. The van der Waals surface area contributed by atoms with Gasteiger partial charge in [-0.1, -0.05) is 25.1 Å². The van der Waals surface area contributed by atoms with Crippen LogP contribution in [0.4, 0.5) is 0 Å². The van der Waals surface area contributed by atoms with Crippen LogP contribution in [-0.4, -0.2) is 24.2 Å². The van der Waals surface area contributed by atoms with Gasteiger partial charge in [0.25, 0.3) is 0 Å². The van der Waals surface area contributed by atoms with E-state index >= 15 is 0 Å². The molecule has 1 aromatic heterocycles. The van der Waals surface area contributed by atoms with Crippen LogP contribution in [0.1, 0.15) is 23.2 Å². The van der Waals surface area contributed by atoms with Gasteiger partial charge in [-0.05, 0) is 31.5 Å². The van der Waals surface area contributed by atoms with E-state index in [9.17, 15) is 0 Å². The molecule has 3 nitrogen and oxygen atoms in total. The second kappa shape index (κ2) is 6.58. The molecule has 2 unspecified atom stereocenters. The van der Waals surface area contributed by atoms with Crippen LogP contribution in [-0.2, 0) is 12.8 Å². The summed E-state index contributed by atoms with van der Waals surface area (Å²) >= 11 is 1.73. The normalized spacial score (nSPS) is 18.9. The number of ether oxygens (including phenoxy) is 1. The van der Waals surface area contributed by atoms with Crippen molar-refractivity contribution in [2.45, 2.75) is 32.7 Å². The summed E-state index contributed by atoms with van der Waals surface area (Å²) in [5.41, 5.74) is 2.52. The molecule has 2 heterocycles. The van der Waals surface area contributed by atoms with Gasteiger partial charge in [0, 0.05) is 23.8 Å². The molecule has 0 bridgehead atoms. The van der Waals surface area contributed by atoms with Gasteiger partial charge >= 0.3 is 0 Å². The van der Waals surface area contributed by atoms with Crippen LogP contribution >= 0.6 is 11.3 Å². The minimum Gasteiger partial charge on any atom is -0.493 e. The quantitative estimate of drug-likeness (QED) is 0.921. The number of thiazole rings is 1. The maximum absolute atomic E-state index is 5.95. The molecule has 3 rings (SSSR count). The van der Waals surface area contributed by atoms with Gasteiger partial charge < -0.3 is 10.1 Å². The van der Waals surface area contributed by atoms with E-state index in [1.807, 2.05) is 6.07 Å². The summed E-state index contributed by atoms with van der Waals surface area (Å²) < 4.78 is 5.95. The lowest BCUT2D eigenvalue weighted by atomic mass is 9.88. The molecule has 21 heavy (non-hydrogen) atoms. The zero-order valence-electron chi connectivity index (χ0n) is 12.6. The Hall–Kier alpha value is -1.39. The van der Waals surface area contributed by atoms with Crippen LogP contribution in [0.15, 0.2) is 29.6 Å². The topological polar surface area (TPSA) is 34.2 Å². The van der Waals surface area contributed by atoms with Crippen molar-refractivity contribution in [3.63, 3.8) is 0 Å². The summed E-state index contributed by atoms with van der Waals surface area (Å²) in [5, 5.41) is 6.95. The monoisotopic (exact) mass is 302 g/mol. The van der Waals surface area contributed by atoms with Crippen molar-refractivity contribution in [2.24, 2.45) is 5.92 Å². The first-order valence-electron chi connectivity index (χ1n) is 7.61. The molecule has 0 fully saturated rings. The third kappa shape index (κ3) is 3.44. The molecule has 1 aromatic carbocycles. The maximum Gasteiger partial charge on any atom is 0.122 e. The lowest BCUT2D eigenvalue weighted by Crippen LogP contribution is -2.43. The van der Waals surface area contributed by atoms with Crippen molar-refractivity contribution in [2.75, 3.05) is 13.2 Å². The molecule has 0 saturated heterocycles. The number of aromatic nitrogens is 1. The fourth-order valence-electron chi connectivity index (χ4n) is 3.00. The summed E-state index contributed by atoms with van der Waals surface area (Å²) in [7, 11) is 0. The van der Waals surface area contributed by atoms with Crippen molar-refractivity contribution in [3.05, 3.63) is 45.9 Å². The minimum absolute atomic E-state index is 0.421. The molecule has 0 aliphatic carbocycles. The zero-order chi connectivity index (χ0) is 14.7. The number of rotatable bonds is 5. The highest BCUT2D eigenvalue weighted by Gasteiger charge is 2.27. The average molecular weight is 302 g/mol. The van der Waals surface area contributed by atoms with E-state index in [0.29, 0.717) is 12.0 Å². The molecule has 1 N–H and O–H groups in total. The molecule has 0 amide bonds. The Morgan fingerprint density at radius 3 is 3.05 bits per heavy atom. The number of likely N-dealkylation sites (N-methyl/N-ethyl adjacent to an activating group) is 1. The molecule has 4 heteroatoms. The predicted octanol–water partition coefficient (Wildman–Crippen LogP) is 3.22. The van der Waals surface area contributed by atoms with Crippen LogP contribution in [0.25, 0.3) is 0 Å². The van der Waals surface area contributed by atoms with Crippen molar-refractivity contribution >= 4 is 11.3 Å². The number of fused-ring (bicyclic) bond motifs is 1. The number of para-hydroxylation sites is 1. The highest BCUT2D eigenvalue weighted by atomic mass is 32.1. The van der Waals surface area contributed by atoms with Crippen LogP contribution in [0.3, 0.4) is 0 Å². The van der Waals surface area contributed by atoms with Gasteiger partial charge in [-0.2, -0.15) is 0 Å². The lowest BCUT2D eigenvalue weighted by molar-refractivity contribution is 0.184. The average Bonchev–Trinajstić information content (AvgIpc) is 2.91. The zero-order valence-corrected chi connectivity index (χ0v) is 13.5. The Labute approximate surface area is 130 Å². The number of nitrogens with zero attached hydrogens (tertiary/aromatic N) is 1. The Balaban J connectivity index is 1.72. The van der Waals surface area contributed by atoms with Crippen molar-refractivity contribution in [3.8, 4) is 5.75 Å². The van der Waals surface area contributed by atoms with Crippen molar-refractivity contribution < 1.29 is 4.74 Å². The van der Waals surface area contributed by atoms with Crippen LogP contribution in [0, 0.1) is 12.8 Å². The van der Waals surface area contributed by atoms with Crippen LogP contribution < -0.4 is 10.1 Å². The summed E-state index contributed by atoms with van der Waals surface area (Å²) in [6, 6.07) is 8.80. The van der Waals surface area contributed by atoms with Crippen LogP contribution in [0.5, 0.6) is 5.75 Å². The number of aryl methyl sites for hydroxylation is 1. The molecule has 1 aliphatic rings. The SMILES string of the molecule is CCNC(Cc1csc(C)n1)C1COc2ccccc2C1. The smallest absolute Gasteiger partial charge is 0.122 e. The molecule has 0 radical (unpaired) electrons. The highest BCUT2D eigenvalue weighted by Crippen LogP contribution is 2.29. The molecular formula is C17H22N2OS. The lowest BCUT2D eigenvalue weighted by Gasteiger charge is -2.32. The van der Waals surface area contributed by atoms with E-state index in [1.165, 1.54) is 11.3 Å². The first-order valence-corrected chi connectivity index (χ1v) is 8.49. The molecule has 1 aliphatic heterocycles. The predicted molar refractivity (Wildman–Crippen MR) is 87.2 cm³/mol. The van der Waals surface area contributed by atoms with Crippen molar-refractivity contribution in [1.82, 2.24) is 10.3 Å². The van der Waals surface area contributed by atoms with Gasteiger partial charge in [-0.3, -0.25) is 0 Å². The Morgan fingerprint density at radius 1 is 1.43 bits per heavy atom. The van der Waals surface area contributed by atoms with Crippen molar-refractivity contribution in [1.29, 1.82) is 0 Å². The van der Waals surface area contributed by atoms with Gasteiger partial charge in [0.05, 0.1) is 17.3 Å². The van der Waals surface area contributed by atoms with E-state index in [1.54, 1.807) is 11.3 Å². The molecule has 2 atom stereocenters. The van der Waals surface area contributed by atoms with Gasteiger partial charge in [0.15, 0.2) is 0 Å². The van der Waals surface area contributed by atoms with Gasteiger partial charge in [-0.25, -0.2) is 4.98 Å². The van der Waals surface area contributed by atoms with E-state index in [4.69, 9.17) is 4.74 Å². The molecule has 0 spiro atoms. The molecule has 2 aromatic rings. The van der Waals surface area contributed by atoms with E-state index in [0.717, 1.165) is 36.8 Å². The van der Waals surface area contributed by atoms with Gasteiger partial charge in [0.2, 0.25) is 0 Å².